The quantitative estimate of drug-likeness (QED) is 0.490. The molecule has 1 N–H and O–H groups in total. The van der Waals surface area contributed by atoms with Gasteiger partial charge in [-0.3, -0.25) is 14.9 Å². The second-order valence-corrected chi connectivity index (χ2v) is 5.21. The number of oxime groups is 1. The van der Waals surface area contributed by atoms with Crippen LogP contribution in [0.4, 0.5) is 11.4 Å². The minimum atomic E-state index is -0.865. The van der Waals surface area contributed by atoms with Crippen molar-refractivity contribution in [3.8, 4) is 0 Å². The molecule has 0 heterocycles. The molecule has 124 valence electrons. The van der Waals surface area contributed by atoms with Gasteiger partial charge in [-0.15, -0.1) is 0 Å². The van der Waals surface area contributed by atoms with Crippen LogP contribution in [0.15, 0.2) is 53.7 Å². The Kier molecular flexibility index (Phi) is 5.86. The van der Waals surface area contributed by atoms with Gasteiger partial charge >= 0.3 is 0 Å². The minimum absolute atomic E-state index is 0.0524. The summed E-state index contributed by atoms with van der Waals surface area (Å²) in [6, 6.07) is 12.7. The number of carbonyl (C=O) groups excluding carboxylic acids is 1. The maximum absolute atomic E-state index is 12.0. The molecule has 7 nitrogen and oxygen atoms in total. The molecule has 8 heteroatoms. The van der Waals surface area contributed by atoms with Crippen LogP contribution in [0.3, 0.4) is 0 Å². The molecule has 0 radical (unpaired) electrons. The number of nitro benzene ring substituents is 1. The fourth-order valence-corrected chi connectivity index (χ4v) is 1.93. The van der Waals surface area contributed by atoms with Gasteiger partial charge in [-0.1, -0.05) is 41.0 Å². The number of carbonyl (C=O) groups is 1. The maximum atomic E-state index is 12.0. The third-order valence-corrected chi connectivity index (χ3v) is 3.33. The first-order valence-corrected chi connectivity index (χ1v) is 7.34. The molecule has 0 spiro atoms. The normalized spacial score (nSPS) is 11.9. The predicted molar refractivity (Wildman–Crippen MR) is 91.3 cm³/mol. The van der Waals surface area contributed by atoms with Crippen LogP contribution in [0.25, 0.3) is 0 Å². The molecule has 0 saturated carbocycles. The van der Waals surface area contributed by atoms with Crippen molar-refractivity contribution < 1.29 is 14.6 Å². The molecule has 0 aliphatic heterocycles. The largest absolute Gasteiger partial charge is 0.383 e. The molecule has 0 aromatic heterocycles. The molecule has 0 aliphatic rings. The molecular weight excluding hydrogens is 334 g/mol. The van der Waals surface area contributed by atoms with Gasteiger partial charge in [0.2, 0.25) is 6.10 Å². The van der Waals surface area contributed by atoms with Crippen molar-refractivity contribution in [1.82, 2.24) is 0 Å². The summed E-state index contributed by atoms with van der Waals surface area (Å²) in [4.78, 5) is 27.2. The van der Waals surface area contributed by atoms with Gasteiger partial charge in [0.25, 0.3) is 11.6 Å². The average Bonchev–Trinajstić information content (AvgIpc) is 2.57. The first kappa shape index (κ1) is 17.4. The van der Waals surface area contributed by atoms with Crippen LogP contribution in [0.1, 0.15) is 12.5 Å². The number of amides is 1. The highest BCUT2D eigenvalue weighted by Crippen LogP contribution is 2.20. The van der Waals surface area contributed by atoms with E-state index < -0.39 is 16.9 Å². The number of para-hydroxylation sites is 1. The Hall–Kier alpha value is -2.93. The first-order valence-electron chi connectivity index (χ1n) is 6.96. The fourth-order valence-electron chi connectivity index (χ4n) is 1.75. The lowest BCUT2D eigenvalue weighted by Gasteiger charge is -2.11. The summed E-state index contributed by atoms with van der Waals surface area (Å²) in [7, 11) is 0. The molecular formula is C16H14ClN3O4. The van der Waals surface area contributed by atoms with Crippen molar-refractivity contribution in [2.24, 2.45) is 5.16 Å². The molecule has 1 atom stereocenters. The summed E-state index contributed by atoms with van der Waals surface area (Å²) in [5, 5.41) is 17.4. The molecule has 1 unspecified atom stereocenters. The maximum Gasteiger partial charge on any atom is 0.270 e. The second-order valence-electron chi connectivity index (χ2n) is 4.80. The highest BCUT2D eigenvalue weighted by atomic mass is 35.5. The lowest BCUT2D eigenvalue weighted by molar-refractivity contribution is -0.384. The number of nitro groups is 1. The highest BCUT2D eigenvalue weighted by Gasteiger charge is 2.15. The third kappa shape index (κ3) is 4.79. The van der Waals surface area contributed by atoms with Crippen LogP contribution in [-0.2, 0) is 9.63 Å². The SMILES string of the molecule is CC(ON=Cc1cccc([N+](=O)[O-])c1)C(=O)Nc1ccccc1Cl. The molecule has 0 bridgehead atoms. The molecule has 2 rings (SSSR count). The summed E-state index contributed by atoms with van der Waals surface area (Å²) < 4.78 is 0. The van der Waals surface area contributed by atoms with E-state index in [2.05, 4.69) is 10.5 Å². The Bertz CT molecular complexity index is 779. The van der Waals surface area contributed by atoms with Crippen molar-refractivity contribution in [2.45, 2.75) is 13.0 Å². The number of nitrogens with one attached hydrogen (secondary N) is 1. The van der Waals surface area contributed by atoms with Crippen molar-refractivity contribution in [1.29, 1.82) is 0 Å². The Balaban J connectivity index is 1.93. The Labute approximate surface area is 143 Å². The van der Waals surface area contributed by atoms with Gasteiger partial charge < -0.3 is 10.2 Å². The van der Waals surface area contributed by atoms with Gasteiger partial charge in [0.1, 0.15) is 0 Å². The molecule has 0 saturated heterocycles. The van der Waals surface area contributed by atoms with Crippen molar-refractivity contribution in [3.63, 3.8) is 0 Å². The van der Waals surface area contributed by atoms with Gasteiger partial charge in [-0.2, -0.15) is 0 Å². The second kappa shape index (κ2) is 8.07. The number of nitrogens with zero attached hydrogens (tertiary/aromatic N) is 2. The summed E-state index contributed by atoms with van der Waals surface area (Å²) in [5.41, 5.74) is 0.911. The number of hydrogen-bond donors (Lipinski definition) is 1. The molecule has 0 fully saturated rings. The standard InChI is InChI=1S/C16H14ClN3O4/c1-11(16(21)19-15-8-3-2-7-14(15)17)24-18-10-12-5-4-6-13(9-12)20(22)23/h2-11H,1H3,(H,19,21). The average molecular weight is 348 g/mol. The number of hydrogen-bond acceptors (Lipinski definition) is 5. The van der Waals surface area contributed by atoms with Crippen molar-refractivity contribution >= 4 is 35.1 Å². The van der Waals surface area contributed by atoms with Gasteiger partial charge in [0.05, 0.1) is 21.8 Å². The topological polar surface area (TPSA) is 93.8 Å². The predicted octanol–water partition coefficient (Wildman–Crippen LogP) is 3.63. The highest BCUT2D eigenvalue weighted by molar-refractivity contribution is 6.33. The van der Waals surface area contributed by atoms with E-state index in [0.29, 0.717) is 16.3 Å². The number of halogens is 1. The van der Waals surface area contributed by atoms with E-state index in [9.17, 15) is 14.9 Å². The first-order chi connectivity index (χ1) is 11.5. The number of rotatable bonds is 6. The van der Waals surface area contributed by atoms with E-state index in [4.69, 9.17) is 16.4 Å². The van der Waals surface area contributed by atoms with Crippen LogP contribution in [0, 0.1) is 10.1 Å². The van der Waals surface area contributed by atoms with E-state index in [1.807, 2.05) is 0 Å². The fraction of sp³-hybridized carbons (Fsp3) is 0.125. The zero-order chi connectivity index (χ0) is 17.5. The van der Waals surface area contributed by atoms with E-state index >= 15 is 0 Å². The molecule has 2 aromatic carbocycles. The summed E-state index contributed by atoms with van der Waals surface area (Å²) >= 11 is 5.96. The van der Waals surface area contributed by atoms with E-state index in [0.717, 1.165) is 0 Å². The third-order valence-electron chi connectivity index (χ3n) is 3.00. The van der Waals surface area contributed by atoms with Gasteiger partial charge in [-0.05, 0) is 19.1 Å². The summed E-state index contributed by atoms with van der Waals surface area (Å²) in [6.45, 7) is 1.52. The number of anilines is 1. The van der Waals surface area contributed by atoms with Gasteiger partial charge in [0, 0.05) is 17.7 Å². The molecule has 24 heavy (non-hydrogen) atoms. The van der Waals surface area contributed by atoms with Gasteiger partial charge in [-0.25, -0.2) is 0 Å². The summed E-state index contributed by atoms with van der Waals surface area (Å²) in [6.07, 6.45) is 0.433. The zero-order valence-corrected chi connectivity index (χ0v) is 13.4. The Morgan fingerprint density at radius 3 is 2.79 bits per heavy atom. The van der Waals surface area contributed by atoms with E-state index in [-0.39, 0.29) is 5.69 Å². The number of benzene rings is 2. The Morgan fingerprint density at radius 2 is 2.08 bits per heavy atom. The monoisotopic (exact) mass is 347 g/mol. The minimum Gasteiger partial charge on any atom is -0.383 e. The zero-order valence-electron chi connectivity index (χ0n) is 12.7. The smallest absolute Gasteiger partial charge is 0.270 e. The molecule has 0 aliphatic carbocycles. The van der Waals surface area contributed by atoms with Crippen molar-refractivity contribution in [3.05, 3.63) is 69.2 Å². The lowest BCUT2D eigenvalue weighted by atomic mass is 10.2. The van der Waals surface area contributed by atoms with E-state index in [1.54, 1.807) is 30.3 Å². The van der Waals surface area contributed by atoms with Crippen LogP contribution in [0.5, 0.6) is 0 Å². The van der Waals surface area contributed by atoms with Crippen LogP contribution in [-0.4, -0.2) is 23.1 Å². The van der Waals surface area contributed by atoms with E-state index in [1.165, 1.54) is 31.3 Å². The van der Waals surface area contributed by atoms with Crippen molar-refractivity contribution in [2.75, 3.05) is 5.32 Å². The summed E-state index contributed by atoms with van der Waals surface area (Å²) in [5.74, 6) is -0.417. The van der Waals surface area contributed by atoms with Crippen LogP contribution in [0.2, 0.25) is 5.02 Å². The molecule has 1 amide bonds. The lowest BCUT2D eigenvalue weighted by Crippen LogP contribution is -2.26. The number of non-ortho nitro benzene ring substituents is 1. The van der Waals surface area contributed by atoms with Crippen LogP contribution >= 0.6 is 11.6 Å². The van der Waals surface area contributed by atoms with Gasteiger partial charge in [0.15, 0.2) is 0 Å². The molecule has 2 aromatic rings. The van der Waals surface area contributed by atoms with Crippen LogP contribution < -0.4 is 5.32 Å². The Morgan fingerprint density at radius 1 is 1.33 bits per heavy atom.